The molecular formula is C23H19ClN2O4S. The van der Waals surface area contributed by atoms with Gasteiger partial charge in [0.25, 0.3) is 5.56 Å². The molecule has 2 aromatic carbocycles. The van der Waals surface area contributed by atoms with E-state index in [2.05, 4.69) is 4.99 Å². The molecule has 1 aromatic heterocycles. The molecule has 0 N–H and O–H groups in total. The van der Waals surface area contributed by atoms with Crippen molar-refractivity contribution in [1.29, 1.82) is 0 Å². The number of ether oxygens (including phenoxy) is 2. The number of esters is 1. The van der Waals surface area contributed by atoms with Gasteiger partial charge in [0.2, 0.25) is 0 Å². The Balaban J connectivity index is 1.94. The lowest BCUT2D eigenvalue weighted by Gasteiger charge is -2.24. The van der Waals surface area contributed by atoms with Gasteiger partial charge in [-0.3, -0.25) is 9.36 Å². The zero-order valence-electron chi connectivity index (χ0n) is 17.1. The number of halogens is 1. The molecule has 1 unspecified atom stereocenters. The summed E-state index contributed by atoms with van der Waals surface area (Å²) in [5.41, 5.74) is 2.23. The van der Waals surface area contributed by atoms with Crippen molar-refractivity contribution in [3.63, 3.8) is 0 Å². The number of thiazole rings is 1. The summed E-state index contributed by atoms with van der Waals surface area (Å²) in [4.78, 5) is 31.1. The molecule has 1 atom stereocenters. The maximum absolute atomic E-state index is 13.4. The van der Waals surface area contributed by atoms with Crippen molar-refractivity contribution in [2.24, 2.45) is 4.99 Å². The van der Waals surface area contributed by atoms with Crippen molar-refractivity contribution in [2.45, 2.75) is 13.0 Å². The highest BCUT2D eigenvalue weighted by atomic mass is 35.5. The van der Waals surface area contributed by atoms with Gasteiger partial charge in [0, 0.05) is 5.02 Å². The fourth-order valence-corrected chi connectivity index (χ4v) is 4.68. The normalized spacial score (nSPS) is 16.0. The molecule has 0 saturated heterocycles. The van der Waals surface area contributed by atoms with Crippen LogP contribution in [0.4, 0.5) is 0 Å². The van der Waals surface area contributed by atoms with E-state index in [0.29, 0.717) is 31.4 Å². The molecule has 158 valence electrons. The number of carbonyl (C=O) groups is 1. The highest BCUT2D eigenvalue weighted by molar-refractivity contribution is 7.07. The van der Waals surface area contributed by atoms with Crippen LogP contribution in [-0.2, 0) is 9.53 Å². The van der Waals surface area contributed by atoms with Crippen molar-refractivity contribution >= 4 is 35.0 Å². The van der Waals surface area contributed by atoms with Crippen molar-refractivity contribution in [3.8, 4) is 5.75 Å². The first-order valence-electron chi connectivity index (χ1n) is 9.43. The van der Waals surface area contributed by atoms with E-state index < -0.39 is 12.0 Å². The van der Waals surface area contributed by atoms with E-state index in [1.807, 2.05) is 24.3 Å². The molecule has 1 aliphatic heterocycles. The van der Waals surface area contributed by atoms with Crippen molar-refractivity contribution in [2.75, 3.05) is 14.2 Å². The number of nitrogens with zero attached hydrogens (tertiary/aromatic N) is 2. The Kier molecular flexibility index (Phi) is 5.80. The van der Waals surface area contributed by atoms with Gasteiger partial charge in [-0.15, -0.1) is 0 Å². The number of allylic oxidation sites excluding steroid dienone is 1. The van der Waals surface area contributed by atoms with Gasteiger partial charge in [0.05, 0.1) is 36.1 Å². The molecule has 0 bridgehead atoms. The van der Waals surface area contributed by atoms with E-state index in [-0.39, 0.29) is 5.56 Å². The predicted molar refractivity (Wildman–Crippen MR) is 120 cm³/mol. The van der Waals surface area contributed by atoms with Gasteiger partial charge in [0.1, 0.15) is 5.75 Å². The lowest BCUT2D eigenvalue weighted by atomic mass is 9.96. The number of carbonyl (C=O) groups excluding carboxylic acids is 1. The summed E-state index contributed by atoms with van der Waals surface area (Å²) in [6.07, 6.45) is 1.79. The maximum Gasteiger partial charge on any atom is 0.338 e. The van der Waals surface area contributed by atoms with Gasteiger partial charge in [-0.05, 0) is 48.4 Å². The molecule has 0 amide bonds. The number of fused-ring (bicyclic) bond motifs is 1. The van der Waals surface area contributed by atoms with E-state index in [4.69, 9.17) is 21.1 Å². The van der Waals surface area contributed by atoms with E-state index in [1.165, 1.54) is 18.4 Å². The van der Waals surface area contributed by atoms with Crippen LogP contribution in [0.3, 0.4) is 0 Å². The quantitative estimate of drug-likeness (QED) is 0.568. The van der Waals surface area contributed by atoms with Gasteiger partial charge < -0.3 is 9.47 Å². The molecular weight excluding hydrogens is 436 g/mol. The highest BCUT2D eigenvalue weighted by Crippen LogP contribution is 2.31. The molecule has 0 radical (unpaired) electrons. The van der Waals surface area contributed by atoms with Crippen LogP contribution in [0.1, 0.15) is 24.1 Å². The second-order valence-corrected chi connectivity index (χ2v) is 8.34. The van der Waals surface area contributed by atoms with Crippen LogP contribution in [-0.4, -0.2) is 24.8 Å². The van der Waals surface area contributed by atoms with Crippen LogP contribution in [0.15, 0.2) is 69.6 Å². The first-order chi connectivity index (χ1) is 14.9. The van der Waals surface area contributed by atoms with Crippen molar-refractivity contribution < 1.29 is 14.3 Å². The number of methoxy groups -OCH3 is 2. The summed E-state index contributed by atoms with van der Waals surface area (Å²) in [6, 6.07) is 13.8. The molecule has 3 aromatic rings. The molecule has 1 aliphatic rings. The van der Waals surface area contributed by atoms with Crippen LogP contribution >= 0.6 is 22.9 Å². The molecule has 0 saturated carbocycles. The summed E-state index contributed by atoms with van der Waals surface area (Å²) < 4.78 is 12.3. The third-order valence-corrected chi connectivity index (χ3v) is 6.26. The summed E-state index contributed by atoms with van der Waals surface area (Å²) in [5.74, 6) is 0.160. The van der Waals surface area contributed by atoms with E-state index in [0.717, 1.165) is 11.1 Å². The predicted octanol–water partition coefficient (Wildman–Crippen LogP) is 3.07. The second-order valence-electron chi connectivity index (χ2n) is 6.90. The largest absolute Gasteiger partial charge is 0.497 e. The van der Waals surface area contributed by atoms with Crippen LogP contribution in [0.25, 0.3) is 6.08 Å². The molecule has 0 spiro atoms. The number of hydrogen-bond acceptors (Lipinski definition) is 6. The Hall–Kier alpha value is -3.16. The minimum absolute atomic E-state index is 0.228. The average Bonchev–Trinajstić information content (AvgIpc) is 3.08. The van der Waals surface area contributed by atoms with Gasteiger partial charge in [-0.2, -0.15) is 0 Å². The first kappa shape index (κ1) is 21.1. The summed E-state index contributed by atoms with van der Waals surface area (Å²) in [7, 11) is 2.90. The minimum Gasteiger partial charge on any atom is -0.497 e. The lowest BCUT2D eigenvalue weighted by Crippen LogP contribution is -2.39. The van der Waals surface area contributed by atoms with E-state index in [9.17, 15) is 9.59 Å². The maximum atomic E-state index is 13.4. The number of benzene rings is 2. The van der Waals surface area contributed by atoms with Crippen LogP contribution in [0.2, 0.25) is 5.02 Å². The first-order valence-corrected chi connectivity index (χ1v) is 10.6. The Morgan fingerprint density at radius 2 is 1.81 bits per heavy atom. The Morgan fingerprint density at radius 1 is 1.13 bits per heavy atom. The Morgan fingerprint density at radius 3 is 2.42 bits per heavy atom. The molecule has 8 heteroatoms. The molecule has 4 rings (SSSR count). The molecule has 0 fully saturated rings. The SMILES string of the molecule is COC(=O)C1=C(C)N=c2s/c(=C/c3ccc(Cl)cc3)c(=O)n2C1c1ccc(OC)cc1. The Bertz CT molecular complexity index is 1350. The highest BCUT2D eigenvalue weighted by Gasteiger charge is 2.33. The van der Waals surface area contributed by atoms with Gasteiger partial charge >= 0.3 is 5.97 Å². The average molecular weight is 455 g/mol. The van der Waals surface area contributed by atoms with Crippen molar-refractivity contribution in [1.82, 2.24) is 4.57 Å². The number of hydrogen-bond donors (Lipinski definition) is 0. The zero-order chi connectivity index (χ0) is 22.1. The molecule has 0 aliphatic carbocycles. The smallest absolute Gasteiger partial charge is 0.338 e. The van der Waals surface area contributed by atoms with Crippen molar-refractivity contribution in [3.05, 3.63) is 95.6 Å². The van der Waals surface area contributed by atoms with Crippen LogP contribution < -0.4 is 19.6 Å². The summed E-state index contributed by atoms with van der Waals surface area (Å²) in [5, 5.41) is 0.622. The fourth-order valence-electron chi connectivity index (χ4n) is 3.50. The minimum atomic E-state index is -0.651. The zero-order valence-corrected chi connectivity index (χ0v) is 18.7. The van der Waals surface area contributed by atoms with Gasteiger partial charge in [-0.25, -0.2) is 9.79 Å². The van der Waals surface area contributed by atoms with E-state index in [1.54, 1.807) is 48.9 Å². The monoisotopic (exact) mass is 454 g/mol. The third-order valence-electron chi connectivity index (χ3n) is 5.03. The fraction of sp³-hybridized carbons (Fsp3) is 0.174. The molecule has 2 heterocycles. The van der Waals surface area contributed by atoms with Crippen LogP contribution in [0, 0.1) is 0 Å². The summed E-state index contributed by atoms with van der Waals surface area (Å²) >= 11 is 7.24. The van der Waals surface area contributed by atoms with Gasteiger partial charge in [-0.1, -0.05) is 47.2 Å². The molecule has 6 nitrogen and oxygen atoms in total. The standard InChI is InChI=1S/C23H19ClN2O4S/c1-13-19(22(28)30-3)20(15-6-10-17(29-2)11-7-15)26-21(27)18(31-23(26)25-13)12-14-4-8-16(24)9-5-14/h4-12,20H,1-3H3/b18-12+. The lowest BCUT2D eigenvalue weighted by molar-refractivity contribution is -0.136. The summed E-state index contributed by atoms with van der Waals surface area (Å²) in [6.45, 7) is 1.75. The van der Waals surface area contributed by atoms with Crippen LogP contribution in [0.5, 0.6) is 5.75 Å². The second kappa shape index (κ2) is 8.53. The van der Waals surface area contributed by atoms with Gasteiger partial charge in [0.15, 0.2) is 4.80 Å². The topological polar surface area (TPSA) is 69.9 Å². The third kappa shape index (κ3) is 3.94. The number of aromatic nitrogens is 1. The van der Waals surface area contributed by atoms with E-state index >= 15 is 0 Å². The Labute approximate surface area is 187 Å². The number of rotatable bonds is 4. The molecule has 31 heavy (non-hydrogen) atoms.